The number of rotatable bonds is 4. The zero-order chi connectivity index (χ0) is 15.4. The summed E-state index contributed by atoms with van der Waals surface area (Å²) in [4.78, 5) is 12.1. The van der Waals surface area contributed by atoms with Crippen LogP contribution in [-0.2, 0) is 0 Å². The molecule has 0 saturated carbocycles. The number of hydrogen-bond acceptors (Lipinski definition) is 2. The van der Waals surface area contributed by atoms with Crippen molar-refractivity contribution in [1.82, 2.24) is 0 Å². The first-order valence-corrected chi connectivity index (χ1v) is 6.87. The van der Waals surface area contributed by atoms with Gasteiger partial charge < -0.3 is 10.1 Å². The lowest BCUT2D eigenvalue weighted by molar-refractivity contribution is -0.0497. The Morgan fingerprint density at radius 2 is 2.00 bits per heavy atom. The van der Waals surface area contributed by atoms with Gasteiger partial charge >= 0.3 is 6.61 Å². The molecule has 110 valence electrons. The van der Waals surface area contributed by atoms with Crippen LogP contribution < -0.4 is 10.1 Å². The summed E-state index contributed by atoms with van der Waals surface area (Å²) in [6.07, 6.45) is 0. The molecule has 0 unspecified atom stereocenters. The van der Waals surface area contributed by atoms with Crippen molar-refractivity contribution in [3.8, 4) is 5.75 Å². The maximum Gasteiger partial charge on any atom is 0.387 e. The molecule has 0 aliphatic rings. The van der Waals surface area contributed by atoms with Crippen molar-refractivity contribution in [1.29, 1.82) is 0 Å². The van der Waals surface area contributed by atoms with Crippen molar-refractivity contribution in [3.63, 3.8) is 0 Å². The van der Waals surface area contributed by atoms with Gasteiger partial charge in [0.2, 0.25) is 0 Å². The Hall–Kier alpha value is -1.95. The molecule has 2 aromatic rings. The van der Waals surface area contributed by atoms with E-state index in [4.69, 9.17) is 0 Å². The third-order valence-corrected chi connectivity index (χ3v) is 3.63. The molecule has 2 aromatic carbocycles. The molecular weight excluding hydrogens is 344 g/mol. The topological polar surface area (TPSA) is 38.3 Å². The van der Waals surface area contributed by atoms with Gasteiger partial charge in [0.1, 0.15) is 5.75 Å². The summed E-state index contributed by atoms with van der Waals surface area (Å²) in [5.41, 5.74) is 1.80. The molecule has 21 heavy (non-hydrogen) atoms. The number of aryl methyl sites for hydroxylation is 1. The summed E-state index contributed by atoms with van der Waals surface area (Å²) < 4.78 is 29.5. The van der Waals surface area contributed by atoms with Gasteiger partial charge in [-0.1, -0.05) is 22.0 Å². The molecule has 2 rings (SSSR count). The van der Waals surface area contributed by atoms with Crippen LogP contribution in [0.3, 0.4) is 0 Å². The Bertz CT molecular complexity index is 662. The monoisotopic (exact) mass is 355 g/mol. The smallest absolute Gasteiger partial charge is 0.387 e. The van der Waals surface area contributed by atoms with Gasteiger partial charge in [0.05, 0.1) is 0 Å². The number of anilines is 1. The molecule has 1 amide bonds. The number of hydrogen-bond donors (Lipinski definition) is 1. The van der Waals surface area contributed by atoms with Crippen LogP contribution in [0.1, 0.15) is 15.9 Å². The number of carbonyl (C=O) groups is 1. The number of nitrogens with one attached hydrogen (secondary N) is 1. The van der Waals surface area contributed by atoms with E-state index in [-0.39, 0.29) is 11.7 Å². The predicted octanol–water partition coefficient (Wildman–Crippen LogP) is 4.61. The van der Waals surface area contributed by atoms with Gasteiger partial charge in [-0.15, -0.1) is 0 Å². The van der Waals surface area contributed by atoms with Crippen molar-refractivity contribution in [2.75, 3.05) is 5.32 Å². The van der Waals surface area contributed by atoms with Gasteiger partial charge in [-0.25, -0.2) is 0 Å². The average molecular weight is 356 g/mol. The highest BCUT2D eigenvalue weighted by Crippen LogP contribution is 2.21. The Morgan fingerprint density at radius 1 is 1.24 bits per heavy atom. The molecule has 0 saturated heterocycles. The Kier molecular flexibility index (Phi) is 4.90. The molecule has 0 fully saturated rings. The predicted molar refractivity (Wildman–Crippen MR) is 79.9 cm³/mol. The normalized spacial score (nSPS) is 10.5. The van der Waals surface area contributed by atoms with Crippen LogP contribution in [-0.4, -0.2) is 12.5 Å². The van der Waals surface area contributed by atoms with E-state index in [1.807, 2.05) is 6.92 Å². The lowest BCUT2D eigenvalue weighted by Gasteiger charge is -2.09. The number of amides is 1. The fraction of sp³-hybridized carbons (Fsp3) is 0.133. The van der Waals surface area contributed by atoms with E-state index >= 15 is 0 Å². The highest BCUT2D eigenvalue weighted by atomic mass is 79.9. The molecule has 0 aliphatic heterocycles. The minimum Gasteiger partial charge on any atom is -0.435 e. The van der Waals surface area contributed by atoms with Crippen LogP contribution in [0, 0.1) is 6.92 Å². The summed E-state index contributed by atoms with van der Waals surface area (Å²) in [7, 11) is 0. The molecule has 0 radical (unpaired) electrons. The van der Waals surface area contributed by atoms with Crippen molar-refractivity contribution >= 4 is 27.5 Å². The number of halogens is 3. The molecule has 0 aromatic heterocycles. The largest absolute Gasteiger partial charge is 0.435 e. The van der Waals surface area contributed by atoms with Gasteiger partial charge in [0.25, 0.3) is 5.91 Å². The number of alkyl halides is 2. The lowest BCUT2D eigenvalue weighted by Crippen LogP contribution is -2.12. The quantitative estimate of drug-likeness (QED) is 0.869. The van der Waals surface area contributed by atoms with Gasteiger partial charge in [0.15, 0.2) is 0 Å². The van der Waals surface area contributed by atoms with Crippen molar-refractivity contribution in [3.05, 3.63) is 58.1 Å². The van der Waals surface area contributed by atoms with Gasteiger partial charge in [-0.3, -0.25) is 4.79 Å². The van der Waals surface area contributed by atoms with E-state index in [0.29, 0.717) is 11.3 Å². The van der Waals surface area contributed by atoms with Crippen molar-refractivity contribution in [2.45, 2.75) is 13.5 Å². The van der Waals surface area contributed by atoms with Crippen molar-refractivity contribution in [2.24, 2.45) is 0 Å². The van der Waals surface area contributed by atoms with Crippen LogP contribution in [0.2, 0.25) is 0 Å². The second-order valence-corrected chi connectivity index (χ2v) is 5.18. The van der Waals surface area contributed by atoms with Gasteiger partial charge in [-0.05, 0) is 42.8 Å². The van der Waals surface area contributed by atoms with Gasteiger partial charge in [-0.2, -0.15) is 8.78 Å². The first-order chi connectivity index (χ1) is 9.95. The number of ether oxygens (including phenoxy) is 1. The molecule has 0 heterocycles. The third-order valence-electron chi connectivity index (χ3n) is 2.74. The molecule has 0 aliphatic carbocycles. The van der Waals surface area contributed by atoms with Crippen LogP contribution in [0.15, 0.2) is 46.9 Å². The molecule has 0 atom stereocenters. The lowest BCUT2D eigenvalue weighted by atomic mass is 10.1. The molecular formula is C15H12BrF2NO2. The molecule has 6 heteroatoms. The molecule has 0 spiro atoms. The minimum atomic E-state index is -2.90. The Balaban J connectivity index is 2.13. The third kappa shape index (κ3) is 4.26. The Morgan fingerprint density at radius 3 is 2.67 bits per heavy atom. The summed E-state index contributed by atoms with van der Waals surface area (Å²) in [5.74, 6) is -0.324. The van der Waals surface area contributed by atoms with E-state index in [1.54, 1.807) is 24.3 Å². The van der Waals surface area contributed by atoms with Gasteiger partial charge in [0, 0.05) is 21.8 Å². The summed E-state index contributed by atoms with van der Waals surface area (Å²) >= 11 is 3.36. The van der Waals surface area contributed by atoms with E-state index in [1.165, 1.54) is 18.2 Å². The zero-order valence-electron chi connectivity index (χ0n) is 11.1. The molecule has 3 nitrogen and oxygen atoms in total. The first kappa shape index (κ1) is 15.4. The highest BCUT2D eigenvalue weighted by molar-refractivity contribution is 9.10. The fourth-order valence-electron chi connectivity index (χ4n) is 1.74. The van der Waals surface area contributed by atoms with E-state index in [0.717, 1.165) is 10.0 Å². The van der Waals surface area contributed by atoms with Crippen LogP contribution in [0.25, 0.3) is 0 Å². The second-order valence-electron chi connectivity index (χ2n) is 4.32. The summed E-state index contributed by atoms with van der Waals surface area (Å²) in [5, 5.41) is 2.64. The summed E-state index contributed by atoms with van der Waals surface area (Å²) in [6.45, 7) is -1.03. The van der Waals surface area contributed by atoms with Crippen LogP contribution >= 0.6 is 15.9 Å². The van der Waals surface area contributed by atoms with E-state index in [9.17, 15) is 13.6 Å². The van der Waals surface area contributed by atoms with E-state index < -0.39 is 6.61 Å². The zero-order valence-corrected chi connectivity index (χ0v) is 12.7. The second kappa shape index (κ2) is 6.67. The maximum absolute atomic E-state index is 12.1. The fourth-order valence-corrected chi connectivity index (χ4v) is 1.99. The summed E-state index contributed by atoms with van der Waals surface area (Å²) in [6, 6.07) is 11.1. The van der Waals surface area contributed by atoms with Crippen molar-refractivity contribution < 1.29 is 18.3 Å². The standard InChI is InChI=1S/C15H12BrF2NO2/c1-9-7-10(5-6-13(9)16)14(20)19-11-3-2-4-12(8-11)21-15(17)18/h2-8,15H,1H3,(H,19,20). The first-order valence-electron chi connectivity index (χ1n) is 6.08. The molecule has 0 bridgehead atoms. The minimum absolute atomic E-state index is 0.00483. The number of benzene rings is 2. The maximum atomic E-state index is 12.1. The molecule has 1 N–H and O–H groups in total. The SMILES string of the molecule is Cc1cc(C(=O)Nc2cccc(OC(F)F)c2)ccc1Br. The van der Waals surface area contributed by atoms with Crippen LogP contribution in [0.5, 0.6) is 5.75 Å². The van der Waals surface area contributed by atoms with Crippen LogP contribution in [0.4, 0.5) is 14.5 Å². The number of carbonyl (C=O) groups excluding carboxylic acids is 1. The Labute approximate surface area is 129 Å². The average Bonchev–Trinajstić information content (AvgIpc) is 2.41. The van der Waals surface area contributed by atoms with E-state index in [2.05, 4.69) is 26.0 Å². The highest BCUT2D eigenvalue weighted by Gasteiger charge is 2.09.